The predicted molar refractivity (Wildman–Crippen MR) is 48.4 cm³/mol. The third-order valence-corrected chi connectivity index (χ3v) is 3.37. The fourth-order valence-electron chi connectivity index (χ4n) is 2.69. The molecule has 0 heterocycles. The first-order chi connectivity index (χ1) is 5.47. The Labute approximate surface area is 69.7 Å². The van der Waals surface area contributed by atoms with Gasteiger partial charge in [0.25, 0.3) is 0 Å². The first kappa shape index (κ1) is 7.39. The molecule has 0 heteroatoms. The van der Waals surface area contributed by atoms with Gasteiger partial charge in [-0.25, -0.2) is 0 Å². The molecule has 11 heavy (non-hydrogen) atoms. The van der Waals surface area contributed by atoms with Crippen LogP contribution in [0.4, 0.5) is 0 Å². The van der Waals surface area contributed by atoms with Crippen molar-refractivity contribution in [3.05, 3.63) is 12.2 Å². The minimum absolute atomic E-state index is 1.06. The Morgan fingerprint density at radius 3 is 2.64 bits per heavy atom. The van der Waals surface area contributed by atoms with Crippen LogP contribution in [-0.2, 0) is 0 Å². The van der Waals surface area contributed by atoms with Gasteiger partial charge in [-0.2, -0.15) is 0 Å². The van der Waals surface area contributed by atoms with Crippen LogP contribution in [0.2, 0.25) is 0 Å². The Bertz CT molecular complexity index is 146. The lowest BCUT2D eigenvalue weighted by Crippen LogP contribution is -2.07. The molecule has 0 saturated heterocycles. The minimum Gasteiger partial charge on any atom is -0.0885 e. The SMILES string of the molecule is C1=C\CC2CCCC2CCC/1. The van der Waals surface area contributed by atoms with Gasteiger partial charge in [0.05, 0.1) is 0 Å². The van der Waals surface area contributed by atoms with Gasteiger partial charge in [-0.1, -0.05) is 25.0 Å². The molecule has 2 atom stereocenters. The highest BCUT2D eigenvalue weighted by atomic mass is 14.3. The predicted octanol–water partition coefficient (Wildman–Crippen LogP) is 3.53. The van der Waals surface area contributed by atoms with E-state index in [0.29, 0.717) is 0 Å². The van der Waals surface area contributed by atoms with Crippen LogP contribution in [0.25, 0.3) is 0 Å². The average Bonchev–Trinajstić information content (AvgIpc) is 2.35. The summed E-state index contributed by atoms with van der Waals surface area (Å²) in [5.74, 6) is 2.16. The van der Waals surface area contributed by atoms with Gasteiger partial charge in [-0.15, -0.1) is 0 Å². The first-order valence-electron chi connectivity index (χ1n) is 5.12. The van der Waals surface area contributed by atoms with E-state index in [1.54, 1.807) is 0 Å². The van der Waals surface area contributed by atoms with Crippen LogP contribution >= 0.6 is 0 Å². The zero-order valence-corrected chi connectivity index (χ0v) is 7.26. The van der Waals surface area contributed by atoms with Crippen LogP contribution in [0.5, 0.6) is 0 Å². The third-order valence-electron chi connectivity index (χ3n) is 3.37. The largest absolute Gasteiger partial charge is 0.0885 e. The molecule has 2 rings (SSSR count). The van der Waals surface area contributed by atoms with Gasteiger partial charge < -0.3 is 0 Å². The van der Waals surface area contributed by atoms with Gasteiger partial charge in [0.1, 0.15) is 0 Å². The number of fused-ring (bicyclic) bond motifs is 1. The van der Waals surface area contributed by atoms with Gasteiger partial charge in [0.2, 0.25) is 0 Å². The van der Waals surface area contributed by atoms with E-state index in [9.17, 15) is 0 Å². The quantitative estimate of drug-likeness (QED) is 0.463. The maximum atomic E-state index is 2.42. The topological polar surface area (TPSA) is 0 Å². The molecule has 2 unspecified atom stereocenters. The van der Waals surface area contributed by atoms with Crippen molar-refractivity contribution < 1.29 is 0 Å². The molecule has 2 aliphatic carbocycles. The zero-order chi connectivity index (χ0) is 7.52. The zero-order valence-electron chi connectivity index (χ0n) is 7.26. The van der Waals surface area contributed by atoms with Crippen molar-refractivity contribution in [1.29, 1.82) is 0 Å². The molecule has 0 aromatic heterocycles. The summed E-state index contributed by atoms with van der Waals surface area (Å²) < 4.78 is 0. The van der Waals surface area contributed by atoms with Crippen LogP contribution in [0.15, 0.2) is 12.2 Å². The Balaban J connectivity index is 1.98. The van der Waals surface area contributed by atoms with Crippen molar-refractivity contribution in [2.45, 2.75) is 44.9 Å². The number of rotatable bonds is 0. The molecule has 2 aliphatic rings. The monoisotopic (exact) mass is 150 g/mol. The number of hydrogen-bond acceptors (Lipinski definition) is 0. The fraction of sp³-hybridized carbons (Fsp3) is 0.818. The fourth-order valence-corrected chi connectivity index (χ4v) is 2.69. The molecule has 0 aromatic rings. The van der Waals surface area contributed by atoms with E-state index in [4.69, 9.17) is 0 Å². The van der Waals surface area contributed by atoms with Gasteiger partial charge >= 0.3 is 0 Å². The summed E-state index contributed by atoms with van der Waals surface area (Å²) in [4.78, 5) is 0. The van der Waals surface area contributed by atoms with Crippen molar-refractivity contribution in [3.8, 4) is 0 Å². The van der Waals surface area contributed by atoms with Crippen LogP contribution in [0.3, 0.4) is 0 Å². The molecule has 1 saturated carbocycles. The first-order valence-corrected chi connectivity index (χ1v) is 5.12. The molecule has 62 valence electrons. The minimum atomic E-state index is 1.06. The molecule has 0 spiro atoms. The second-order valence-electron chi connectivity index (χ2n) is 4.09. The number of allylic oxidation sites excluding steroid dienone is 2. The van der Waals surface area contributed by atoms with Crippen molar-refractivity contribution in [2.75, 3.05) is 0 Å². The van der Waals surface area contributed by atoms with Crippen molar-refractivity contribution in [2.24, 2.45) is 11.8 Å². The maximum absolute atomic E-state index is 2.42. The van der Waals surface area contributed by atoms with Crippen LogP contribution < -0.4 is 0 Å². The average molecular weight is 150 g/mol. The van der Waals surface area contributed by atoms with Crippen LogP contribution in [-0.4, -0.2) is 0 Å². The van der Waals surface area contributed by atoms with E-state index in [2.05, 4.69) is 12.2 Å². The van der Waals surface area contributed by atoms with Crippen LogP contribution in [0, 0.1) is 11.8 Å². The lowest BCUT2D eigenvalue weighted by Gasteiger charge is -2.19. The van der Waals surface area contributed by atoms with E-state index in [1.165, 1.54) is 44.9 Å². The molecule has 0 aromatic carbocycles. The lowest BCUT2D eigenvalue weighted by molar-refractivity contribution is 0.354. The van der Waals surface area contributed by atoms with Crippen molar-refractivity contribution in [3.63, 3.8) is 0 Å². The summed E-state index contributed by atoms with van der Waals surface area (Å²) in [6, 6.07) is 0. The highest BCUT2D eigenvalue weighted by Crippen LogP contribution is 2.38. The summed E-state index contributed by atoms with van der Waals surface area (Å²) in [6.07, 6.45) is 15.0. The van der Waals surface area contributed by atoms with Gasteiger partial charge in [0, 0.05) is 0 Å². The third kappa shape index (κ3) is 1.66. The Hall–Kier alpha value is -0.260. The highest BCUT2D eigenvalue weighted by Gasteiger charge is 2.25. The number of hydrogen-bond donors (Lipinski definition) is 0. The van der Waals surface area contributed by atoms with E-state index in [0.717, 1.165) is 11.8 Å². The van der Waals surface area contributed by atoms with E-state index in [1.807, 2.05) is 0 Å². The smallest absolute Gasteiger partial charge is 0.0320 e. The molecule has 1 fully saturated rings. The molecule has 0 nitrogen and oxygen atoms in total. The standard InChI is InChI=1S/C11H18/c1-2-4-7-11-9-5-8-10(11)6-3-1/h1,3,10-11H,2,4-9H2/b3-1-. The molecule has 0 amide bonds. The normalized spacial score (nSPS) is 40.7. The van der Waals surface area contributed by atoms with Gasteiger partial charge in [-0.3, -0.25) is 0 Å². The molecule has 0 N–H and O–H groups in total. The van der Waals surface area contributed by atoms with E-state index in [-0.39, 0.29) is 0 Å². The molecule has 0 radical (unpaired) electrons. The van der Waals surface area contributed by atoms with Gasteiger partial charge in [0.15, 0.2) is 0 Å². The summed E-state index contributed by atoms with van der Waals surface area (Å²) in [5.41, 5.74) is 0. The highest BCUT2D eigenvalue weighted by molar-refractivity contribution is 4.91. The molecule has 0 bridgehead atoms. The van der Waals surface area contributed by atoms with E-state index >= 15 is 0 Å². The molecular formula is C11H18. The van der Waals surface area contributed by atoms with Gasteiger partial charge in [-0.05, 0) is 43.9 Å². The molecular weight excluding hydrogens is 132 g/mol. The lowest BCUT2D eigenvalue weighted by atomic mass is 9.87. The van der Waals surface area contributed by atoms with Crippen molar-refractivity contribution in [1.82, 2.24) is 0 Å². The van der Waals surface area contributed by atoms with Crippen LogP contribution in [0.1, 0.15) is 44.9 Å². The summed E-state index contributed by atoms with van der Waals surface area (Å²) in [6.45, 7) is 0. The maximum Gasteiger partial charge on any atom is -0.0320 e. The molecule has 0 aliphatic heterocycles. The summed E-state index contributed by atoms with van der Waals surface area (Å²) in [7, 11) is 0. The second-order valence-corrected chi connectivity index (χ2v) is 4.09. The summed E-state index contributed by atoms with van der Waals surface area (Å²) in [5, 5.41) is 0. The second kappa shape index (κ2) is 3.42. The summed E-state index contributed by atoms with van der Waals surface area (Å²) >= 11 is 0. The Morgan fingerprint density at radius 1 is 0.818 bits per heavy atom. The van der Waals surface area contributed by atoms with Crippen molar-refractivity contribution >= 4 is 0 Å². The Morgan fingerprint density at radius 2 is 1.64 bits per heavy atom. The Kier molecular flexibility index (Phi) is 2.30. The van der Waals surface area contributed by atoms with E-state index < -0.39 is 0 Å².